The molecule has 3 aromatic carbocycles. The van der Waals surface area contributed by atoms with Gasteiger partial charge in [0, 0.05) is 11.3 Å². The van der Waals surface area contributed by atoms with Gasteiger partial charge in [-0.3, -0.25) is 0 Å². The molecule has 184 valence electrons. The average Bonchev–Trinajstić information content (AvgIpc) is 3.43. The van der Waals surface area contributed by atoms with Gasteiger partial charge >= 0.3 is 6.03 Å². The molecule has 0 spiro atoms. The Morgan fingerprint density at radius 3 is 2.53 bits per heavy atom. The number of hydrogen-bond acceptors (Lipinski definition) is 5. The van der Waals surface area contributed by atoms with Crippen LogP contribution in [0.4, 0.5) is 16.2 Å². The summed E-state index contributed by atoms with van der Waals surface area (Å²) >= 11 is 0. The van der Waals surface area contributed by atoms with E-state index in [9.17, 15) is 4.79 Å². The largest absolute Gasteiger partial charge is 0.491 e. The van der Waals surface area contributed by atoms with Crippen LogP contribution in [0.15, 0.2) is 72.8 Å². The van der Waals surface area contributed by atoms with Crippen molar-refractivity contribution in [3.63, 3.8) is 0 Å². The second kappa shape index (κ2) is 11.8. The number of carbonyl (C=O) groups is 1. The van der Waals surface area contributed by atoms with E-state index in [1.165, 1.54) is 0 Å². The Morgan fingerprint density at radius 1 is 1.08 bits per heavy atom. The molecule has 0 aliphatic rings. The maximum absolute atomic E-state index is 13.2. The van der Waals surface area contributed by atoms with Gasteiger partial charge in [-0.05, 0) is 61.2 Å². The molecule has 1 heterocycles. The van der Waals surface area contributed by atoms with Gasteiger partial charge in [-0.1, -0.05) is 67.1 Å². The monoisotopic (exact) mass is 482 g/mol. The SMILES string of the molecule is CC=CCc1cc(-c2ccccc2)c(-c2nn[nH]n2)c(NC(=O)Nc2ccc(C)cc2)c1OCCC. The lowest BCUT2D eigenvalue weighted by molar-refractivity contribution is 0.262. The summed E-state index contributed by atoms with van der Waals surface area (Å²) in [5, 5.41) is 20.8. The topological polar surface area (TPSA) is 105 Å². The molecule has 0 fully saturated rings. The molecule has 0 bridgehead atoms. The Kier molecular flexibility index (Phi) is 8.08. The molecule has 0 aliphatic heterocycles. The van der Waals surface area contributed by atoms with E-state index in [2.05, 4.69) is 43.4 Å². The van der Waals surface area contributed by atoms with E-state index in [4.69, 9.17) is 4.74 Å². The number of aryl methyl sites for hydroxylation is 1. The highest BCUT2D eigenvalue weighted by atomic mass is 16.5. The van der Waals surface area contributed by atoms with Crippen LogP contribution in [0.1, 0.15) is 31.4 Å². The van der Waals surface area contributed by atoms with Gasteiger partial charge in [0.05, 0.1) is 17.9 Å². The van der Waals surface area contributed by atoms with Crippen LogP contribution in [-0.4, -0.2) is 33.3 Å². The van der Waals surface area contributed by atoms with Crippen LogP contribution in [0.5, 0.6) is 5.75 Å². The number of nitrogens with zero attached hydrogens (tertiary/aromatic N) is 3. The van der Waals surface area contributed by atoms with Crippen molar-refractivity contribution < 1.29 is 9.53 Å². The molecule has 8 heteroatoms. The summed E-state index contributed by atoms with van der Waals surface area (Å²) < 4.78 is 6.25. The zero-order valence-corrected chi connectivity index (χ0v) is 20.7. The number of aromatic amines is 1. The number of ether oxygens (including phenoxy) is 1. The zero-order valence-electron chi connectivity index (χ0n) is 20.7. The molecule has 0 atom stereocenters. The van der Waals surface area contributed by atoms with Crippen LogP contribution in [0, 0.1) is 6.92 Å². The number of tetrazole rings is 1. The first-order valence-electron chi connectivity index (χ1n) is 12.0. The minimum absolute atomic E-state index is 0.360. The van der Waals surface area contributed by atoms with Crippen LogP contribution in [-0.2, 0) is 6.42 Å². The van der Waals surface area contributed by atoms with E-state index >= 15 is 0 Å². The lowest BCUT2D eigenvalue weighted by Gasteiger charge is -2.22. The average molecular weight is 483 g/mol. The molecule has 8 nitrogen and oxygen atoms in total. The van der Waals surface area contributed by atoms with E-state index in [0.717, 1.165) is 28.7 Å². The lowest BCUT2D eigenvalue weighted by Crippen LogP contribution is -2.21. The second-order valence-corrected chi connectivity index (χ2v) is 8.33. The van der Waals surface area contributed by atoms with Gasteiger partial charge in [-0.25, -0.2) is 4.79 Å². The molecule has 0 aliphatic carbocycles. The summed E-state index contributed by atoms with van der Waals surface area (Å²) in [7, 11) is 0. The van der Waals surface area contributed by atoms with Crippen molar-refractivity contribution >= 4 is 17.4 Å². The number of rotatable bonds is 9. The van der Waals surface area contributed by atoms with E-state index in [1.54, 1.807) is 0 Å². The van der Waals surface area contributed by atoms with Gasteiger partial charge in [0.1, 0.15) is 5.75 Å². The standard InChI is InChI=1S/C28H30N6O2/c1-4-6-10-21-18-23(20-11-8-7-9-12-20)24(27-31-33-34-32-27)25(26(21)36-17-5-2)30-28(35)29-22-15-13-19(3)14-16-22/h4,6-9,11-16,18H,5,10,17H2,1-3H3,(H2,29,30,35)(H,31,32,33,34). The molecular weight excluding hydrogens is 452 g/mol. The van der Waals surface area contributed by atoms with Crippen LogP contribution < -0.4 is 15.4 Å². The normalized spacial score (nSPS) is 11.0. The molecule has 36 heavy (non-hydrogen) atoms. The van der Waals surface area contributed by atoms with Crippen molar-refractivity contribution in [2.75, 3.05) is 17.2 Å². The summed E-state index contributed by atoms with van der Waals surface area (Å²) in [4.78, 5) is 13.2. The molecule has 0 saturated heterocycles. The quantitative estimate of drug-likeness (QED) is 0.240. The number of nitrogens with one attached hydrogen (secondary N) is 3. The minimum atomic E-state index is -0.396. The number of allylic oxidation sites excluding steroid dienone is 2. The first kappa shape index (κ1) is 24.7. The maximum Gasteiger partial charge on any atom is 0.323 e. The van der Waals surface area contributed by atoms with Crippen molar-refractivity contribution in [3.05, 3.63) is 83.9 Å². The molecular formula is C28H30N6O2. The Labute approximate surface area is 210 Å². The molecule has 4 rings (SSSR count). The van der Waals surface area contributed by atoms with E-state index in [1.807, 2.05) is 81.4 Å². The van der Waals surface area contributed by atoms with Crippen molar-refractivity contribution in [3.8, 4) is 28.3 Å². The van der Waals surface area contributed by atoms with Crippen molar-refractivity contribution in [2.24, 2.45) is 0 Å². The predicted octanol–water partition coefficient (Wildman–Crippen LogP) is 6.39. The second-order valence-electron chi connectivity index (χ2n) is 8.33. The number of carbonyl (C=O) groups excluding carboxylic acids is 1. The Hall–Kier alpha value is -4.46. The molecule has 3 N–H and O–H groups in total. The van der Waals surface area contributed by atoms with Gasteiger partial charge in [-0.2, -0.15) is 5.21 Å². The number of hydrogen-bond donors (Lipinski definition) is 3. The third kappa shape index (κ3) is 5.78. The van der Waals surface area contributed by atoms with Gasteiger partial charge in [0.15, 0.2) is 0 Å². The number of urea groups is 1. The highest BCUT2D eigenvalue weighted by molar-refractivity contribution is 6.06. The Bertz CT molecular complexity index is 1320. The minimum Gasteiger partial charge on any atom is -0.491 e. The summed E-state index contributed by atoms with van der Waals surface area (Å²) in [6.07, 6.45) is 5.51. The summed E-state index contributed by atoms with van der Waals surface area (Å²) in [5.74, 6) is 0.951. The third-order valence-electron chi connectivity index (χ3n) is 5.58. The number of benzene rings is 3. The highest BCUT2D eigenvalue weighted by Crippen LogP contribution is 2.45. The fourth-order valence-electron chi connectivity index (χ4n) is 3.86. The first-order valence-corrected chi connectivity index (χ1v) is 12.0. The van der Waals surface area contributed by atoms with E-state index in [0.29, 0.717) is 41.5 Å². The molecule has 1 aromatic heterocycles. The smallest absolute Gasteiger partial charge is 0.323 e. The number of anilines is 2. The molecule has 0 radical (unpaired) electrons. The van der Waals surface area contributed by atoms with Gasteiger partial charge in [0.25, 0.3) is 0 Å². The van der Waals surface area contributed by atoms with E-state index < -0.39 is 6.03 Å². The predicted molar refractivity (Wildman–Crippen MR) is 143 cm³/mol. The van der Waals surface area contributed by atoms with Crippen LogP contribution >= 0.6 is 0 Å². The van der Waals surface area contributed by atoms with Crippen LogP contribution in [0.3, 0.4) is 0 Å². The number of aromatic nitrogens is 4. The first-order chi connectivity index (χ1) is 17.6. The fourth-order valence-corrected chi connectivity index (χ4v) is 3.86. The van der Waals surface area contributed by atoms with Gasteiger partial charge in [-0.15, -0.1) is 10.2 Å². The van der Waals surface area contributed by atoms with Crippen molar-refractivity contribution in [1.82, 2.24) is 20.6 Å². The zero-order chi connectivity index (χ0) is 25.3. The summed E-state index contributed by atoms with van der Waals surface area (Å²) in [6, 6.07) is 19.2. The van der Waals surface area contributed by atoms with Crippen molar-refractivity contribution in [1.29, 1.82) is 0 Å². The summed E-state index contributed by atoms with van der Waals surface area (Å²) in [6.45, 7) is 6.51. The van der Waals surface area contributed by atoms with Gasteiger partial charge in [0.2, 0.25) is 5.82 Å². The van der Waals surface area contributed by atoms with E-state index in [-0.39, 0.29) is 0 Å². The molecule has 4 aromatic rings. The maximum atomic E-state index is 13.2. The lowest BCUT2D eigenvalue weighted by atomic mass is 9.93. The summed E-state index contributed by atoms with van der Waals surface area (Å²) in [5.41, 5.74) is 5.69. The van der Waals surface area contributed by atoms with Crippen LogP contribution in [0.25, 0.3) is 22.5 Å². The third-order valence-corrected chi connectivity index (χ3v) is 5.58. The molecule has 0 unspecified atom stereocenters. The number of amides is 2. The van der Waals surface area contributed by atoms with Crippen molar-refractivity contribution in [2.45, 2.75) is 33.6 Å². The van der Waals surface area contributed by atoms with Gasteiger partial charge < -0.3 is 15.4 Å². The molecule has 0 saturated carbocycles. The van der Waals surface area contributed by atoms with Crippen LogP contribution in [0.2, 0.25) is 0 Å². The Morgan fingerprint density at radius 2 is 1.86 bits per heavy atom. The fraction of sp³-hybridized carbons (Fsp3) is 0.214. The highest BCUT2D eigenvalue weighted by Gasteiger charge is 2.25. The Balaban J connectivity index is 1.90. The number of H-pyrrole nitrogens is 1. The molecule has 2 amide bonds.